The molecule has 1 heterocycles. The van der Waals surface area contributed by atoms with E-state index >= 15 is 0 Å². The Kier molecular flexibility index (Phi) is 4.48. The molecule has 5 nitrogen and oxygen atoms in total. The van der Waals surface area contributed by atoms with Gasteiger partial charge >= 0.3 is 6.03 Å². The molecule has 2 aliphatic rings. The van der Waals surface area contributed by atoms with Crippen LogP contribution in [0, 0.1) is 11.8 Å². The van der Waals surface area contributed by atoms with E-state index in [0.29, 0.717) is 29.8 Å². The van der Waals surface area contributed by atoms with Crippen molar-refractivity contribution in [3.05, 3.63) is 34.9 Å². The third-order valence-electron chi connectivity index (χ3n) is 4.85. The molecule has 3 rings (SSSR count). The van der Waals surface area contributed by atoms with Crippen molar-refractivity contribution in [1.82, 2.24) is 15.5 Å². The molecule has 0 unspecified atom stereocenters. The van der Waals surface area contributed by atoms with E-state index in [1.165, 1.54) is 0 Å². The smallest absolute Gasteiger partial charge is 0.315 e. The Morgan fingerprint density at radius 2 is 2.00 bits per heavy atom. The molecule has 1 aromatic carbocycles. The van der Waals surface area contributed by atoms with Gasteiger partial charge in [-0.25, -0.2) is 4.79 Å². The van der Waals surface area contributed by atoms with Crippen molar-refractivity contribution in [2.75, 3.05) is 13.6 Å². The number of urea groups is 1. The number of nitrogens with one attached hydrogen (secondary N) is 2. The first-order valence-corrected chi connectivity index (χ1v) is 8.41. The van der Waals surface area contributed by atoms with Crippen LogP contribution in [0.15, 0.2) is 24.3 Å². The van der Waals surface area contributed by atoms with Crippen LogP contribution in [0.5, 0.6) is 0 Å². The second-order valence-corrected chi connectivity index (χ2v) is 7.06. The molecule has 1 aromatic rings. The molecule has 1 saturated carbocycles. The van der Waals surface area contributed by atoms with Crippen molar-refractivity contribution in [3.63, 3.8) is 0 Å². The third-order valence-corrected chi connectivity index (χ3v) is 5.10. The summed E-state index contributed by atoms with van der Waals surface area (Å²) in [7, 11) is 1.75. The van der Waals surface area contributed by atoms with E-state index in [9.17, 15) is 9.59 Å². The number of carbonyl (C=O) groups excluding carboxylic acids is 2. The lowest BCUT2D eigenvalue weighted by molar-refractivity contribution is -0.128. The summed E-state index contributed by atoms with van der Waals surface area (Å²) in [6.45, 7) is 2.87. The molecule has 6 heteroatoms. The Morgan fingerprint density at radius 1 is 1.35 bits per heavy atom. The molecule has 2 N–H and O–H groups in total. The number of rotatable bonds is 4. The highest BCUT2D eigenvalue weighted by molar-refractivity contribution is 6.30. The second-order valence-electron chi connectivity index (χ2n) is 6.62. The first-order valence-electron chi connectivity index (χ1n) is 8.03. The van der Waals surface area contributed by atoms with Crippen molar-refractivity contribution < 1.29 is 9.59 Å². The Balaban J connectivity index is 1.65. The first-order chi connectivity index (χ1) is 11.0. The molecular formula is C17H22ClN3O2. The number of benzene rings is 1. The van der Waals surface area contributed by atoms with Crippen LogP contribution in [-0.2, 0) is 4.79 Å². The number of hydrogen-bond donors (Lipinski definition) is 2. The van der Waals surface area contributed by atoms with E-state index < -0.39 is 6.04 Å². The minimum absolute atomic E-state index is 0.0250. The van der Waals surface area contributed by atoms with Crippen LogP contribution in [0.3, 0.4) is 0 Å². The Bertz CT molecular complexity index is 604. The number of likely N-dealkylation sites (N-methyl/N-ethyl adjacent to an activating group) is 1. The standard InChI is InChI=1S/C17H22ClN3O2/c1-10-9-13(10)15(11-3-5-12(18)6-4-11)20-17(23)19-14-7-8-21(2)16(14)22/h3-6,10,13-15H,7-9H2,1-2H3,(H2,19,20,23)/t10-,13+,14-,15-/m1/s1. The van der Waals surface area contributed by atoms with Gasteiger partial charge in [0.1, 0.15) is 6.04 Å². The molecular weight excluding hydrogens is 314 g/mol. The Labute approximate surface area is 141 Å². The monoisotopic (exact) mass is 335 g/mol. The summed E-state index contributed by atoms with van der Waals surface area (Å²) >= 11 is 5.95. The number of halogens is 1. The minimum Gasteiger partial charge on any atom is -0.344 e. The normalized spacial score (nSPS) is 27.7. The highest BCUT2D eigenvalue weighted by Gasteiger charge is 2.41. The van der Waals surface area contributed by atoms with Crippen LogP contribution in [0.25, 0.3) is 0 Å². The summed E-state index contributed by atoms with van der Waals surface area (Å²) in [5.74, 6) is 1.00. The zero-order valence-corrected chi connectivity index (χ0v) is 14.1. The molecule has 2 fully saturated rings. The van der Waals surface area contributed by atoms with Crippen LogP contribution >= 0.6 is 11.6 Å². The molecule has 3 amide bonds. The van der Waals surface area contributed by atoms with E-state index in [1.54, 1.807) is 11.9 Å². The predicted molar refractivity (Wildman–Crippen MR) is 89.2 cm³/mol. The quantitative estimate of drug-likeness (QED) is 0.888. The van der Waals surface area contributed by atoms with Gasteiger partial charge in [0, 0.05) is 18.6 Å². The van der Waals surface area contributed by atoms with Crippen molar-refractivity contribution in [2.45, 2.75) is 31.8 Å². The average molecular weight is 336 g/mol. The molecule has 1 aliphatic heterocycles. The van der Waals surface area contributed by atoms with Crippen LogP contribution in [0.2, 0.25) is 5.02 Å². The predicted octanol–water partition coefficient (Wildman–Crippen LogP) is 2.57. The molecule has 4 atom stereocenters. The molecule has 1 aliphatic carbocycles. The average Bonchev–Trinajstić information content (AvgIpc) is 3.17. The van der Waals surface area contributed by atoms with Crippen LogP contribution in [-0.4, -0.2) is 36.5 Å². The number of nitrogens with zero attached hydrogens (tertiary/aromatic N) is 1. The van der Waals surface area contributed by atoms with Gasteiger partial charge in [-0.1, -0.05) is 30.7 Å². The maximum atomic E-state index is 12.3. The lowest BCUT2D eigenvalue weighted by atomic mass is 10.0. The van der Waals surface area contributed by atoms with Gasteiger partial charge < -0.3 is 15.5 Å². The van der Waals surface area contributed by atoms with E-state index in [2.05, 4.69) is 17.6 Å². The van der Waals surface area contributed by atoms with Gasteiger partial charge in [-0.3, -0.25) is 4.79 Å². The van der Waals surface area contributed by atoms with E-state index in [1.807, 2.05) is 24.3 Å². The topological polar surface area (TPSA) is 61.4 Å². The lowest BCUT2D eigenvalue weighted by Gasteiger charge is -2.21. The molecule has 0 aromatic heterocycles. The van der Waals surface area contributed by atoms with Crippen molar-refractivity contribution >= 4 is 23.5 Å². The number of carbonyl (C=O) groups is 2. The molecule has 124 valence electrons. The fraction of sp³-hybridized carbons (Fsp3) is 0.529. The van der Waals surface area contributed by atoms with Gasteiger partial charge in [-0.05, 0) is 42.4 Å². The molecule has 1 saturated heterocycles. The maximum absolute atomic E-state index is 12.3. The van der Waals surface area contributed by atoms with Gasteiger partial charge in [-0.15, -0.1) is 0 Å². The maximum Gasteiger partial charge on any atom is 0.315 e. The number of hydrogen-bond acceptors (Lipinski definition) is 2. The van der Waals surface area contributed by atoms with Crippen LogP contribution in [0.4, 0.5) is 4.79 Å². The van der Waals surface area contributed by atoms with E-state index in [-0.39, 0.29) is 18.0 Å². The molecule has 23 heavy (non-hydrogen) atoms. The van der Waals surface area contributed by atoms with Gasteiger partial charge in [0.05, 0.1) is 6.04 Å². The SMILES string of the molecule is C[C@@H]1C[C@@H]1[C@H](NC(=O)N[C@@H]1CCN(C)C1=O)c1ccc(Cl)cc1. The Hall–Kier alpha value is -1.75. The van der Waals surface area contributed by atoms with Gasteiger partial charge in [-0.2, -0.15) is 0 Å². The first kappa shape index (κ1) is 16.1. The summed E-state index contributed by atoms with van der Waals surface area (Å²) in [5, 5.41) is 6.53. The Morgan fingerprint density at radius 3 is 2.52 bits per heavy atom. The van der Waals surface area contributed by atoms with Gasteiger partial charge in [0.15, 0.2) is 0 Å². The summed E-state index contributed by atoms with van der Waals surface area (Å²) in [6.07, 6.45) is 1.76. The largest absolute Gasteiger partial charge is 0.344 e. The molecule has 0 spiro atoms. The molecule has 0 bridgehead atoms. The molecule has 0 radical (unpaired) electrons. The van der Waals surface area contributed by atoms with E-state index in [0.717, 1.165) is 12.0 Å². The van der Waals surface area contributed by atoms with Gasteiger partial charge in [0.2, 0.25) is 5.91 Å². The summed E-state index contributed by atoms with van der Waals surface area (Å²) in [6, 6.07) is 6.84. The highest BCUT2D eigenvalue weighted by Crippen LogP contribution is 2.47. The summed E-state index contributed by atoms with van der Waals surface area (Å²) in [5.41, 5.74) is 1.05. The number of likely N-dealkylation sites (tertiary alicyclic amines) is 1. The zero-order chi connectivity index (χ0) is 16.6. The fourth-order valence-electron chi connectivity index (χ4n) is 3.22. The number of amides is 3. The van der Waals surface area contributed by atoms with Crippen molar-refractivity contribution in [3.8, 4) is 0 Å². The summed E-state index contributed by atoms with van der Waals surface area (Å²) < 4.78 is 0. The van der Waals surface area contributed by atoms with Crippen LogP contribution in [0.1, 0.15) is 31.4 Å². The van der Waals surface area contributed by atoms with Gasteiger partial charge in [0.25, 0.3) is 0 Å². The lowest BCUT2D eigenvalue weighted by Crippen LogP contribution is -2.47. The van der Waals surface area contributed by atoms with Crippen LogP contribution < -0.4 is 10.6 Å². The van der Waals surface area contributed by atoms with Crippen molar-refractivity contribution in [2.24, 2.45) is 11.8 Å². The van der Waals surface area contributed by atoms with E-state index in [4.69, 9.17) is 11.6 Å². The fourth-order valence-corrected chi connectivity index (χ4v) is 3.35. The summed E-state index contributed by atoms with van der Waals surface area (Å²) in [4.78, 5) is 25.9. The minimum atomic E-state index is -0.414. The zero-order valence-electron chi connectivity index (χ0n) is 13.4. The highest BCUT2D eigenvalue weighted by atomic mass is 35.5. The van der Waals surface area contributed by atoms with Crippen molar-refractivity contribution in [1.29, 1.82) is 0 Å². The third kappa shape index (κ3) is 3.61. The second kappa shape index (κ2) is 6.40.